The zero-order valence-corrected chi connectivity index (χ0v) is 14.9. The molecule has 0 spiro atoms. The fourth-order valence-electron chi connectivity index (χ4n) is 1.19. The van der Waals surface area contributed by atoms with Crippen LogP contribution >= 0.6 is 39.9 Å². The molecule has 0 bridgehead atoms. The molecule has 0 aromatic heterocycles. The Morgan fingerprint density at radius 2 is 1.40 bits per heavy atom. The average Bonchev–Trinajstić information content (AvgIpc) is 2.09. The molecule has 1 aliphatic rings. The summed E-state index contributed by atoms with van der Waals surface area (Å²) >= 11 is 8.57. The molecule has 1 fully saturated rings. The maximum absolute atomic E-state index is 9.77. The molecule has 0 heterocycles. The van der Waals surface area contributed by atoms with Gasteiger partial charge < -0.3 is 11.5 Å². The van der Waals surface area contributed by atoms with Crippen LogP contribution in [0.2, 0.25) is 0 Å². The van der Waals surface area contributed by atoms with E-state index in [2.05, 4.69) is 39.9 Å². The van der Waals surface area contributed by atoms with E-state index in [-0.39, 0.29) is 15.6 Å². The van der Waals surface area contributed by atoms with Gasteiger partial charge in [0.1, 0.15) is 0 Å². The van der Waals surface area contributed by atoms with Gasteiger partial charge in [0.25, 0.3) is 0 Å². The molecule has 1 aliphatic carbocycles. The van der Waals surface area contributed by atoms with Crippen molar-refractivity contribution in [3.8, 4) is 0 Å². The first-order chi connectivity index (χ1) is 6.75. The second kappa shape index (κ2) is 7.71. The molecule has 0 amide bonds. The maximum atomic E-state index is 9.77. The zero-order valence-electron chi connectivity index (χ0n) is 7.85. The van der Waals surface area contributed by atoms with Crippen molar-refractivity contribution in [2.75, 3.05) is 0 Å². The Morgan fingerprint density at radius 1 is 1.13 bits per heavy atom. The van der Waals surface area contributed by atoms with E-state index in [1.54, 1.807) is 0 Å². The van der Waals surface area contributed by atoms with Gasteiger partial charge in [-0.15, -0.1) is 0 Å². The Kier molecular flexibility index (Phi) is 8.46. The van der Waals surface area contributed by atoms with E-state index in [1.165, 1.54) is 12.8 Å². The molecule has 0 unspecified atom stereocenters. The molecule has 2 atom stereocenters. The summed E-state index contributed by atoms with van der Waals surface area (Å²) in [6, 6.07) is 0.562. The summed E-state index contributed by atoms with van der Waals surface area (Å²) in [5, 5.41) is 9.77. The standard InChI is InChI=1S/C6H14N2.3BrH.NO2.Pt/c7-5-3-1-2-4-6(5)8;;;;2-1-3;/h5-6H,1-4,7-8H2;3*1H;;/q;;;;;+3/p-3/t5-,6-;;;;;/m1...../s1. The van der Waals surface area contributed by atoms with E-state index in [1.807, 2.05) is 0 Å². The number of nitro groups is 1. The van der Waals surface area contributed by atoms with Crippen molar-refractivity contribution in [2.45, 2.75) is 37.8 Å². The molecule has 0 saturated heterocycles. The first-order valence-corrected chi connectivity index (χ1v) is 20.1. The van der Waals surface area contributed by atoms with Crippen LogP contribution in [0.15, 0.2) is 0 Å². The summed E-state index contributed by atoms with van der Waals surface area (Å²) in [5.41, 5.74) is 11.3. The third kappa shape index (κ3) is 8.21. The van der Waals surface area contributed by atoms with Crippen LogP contribution in [-0.4, -0.2) is 15.6 Å². The predicted octanol–water partition coefficient (Wildman–Crippen LogP) is 2.48. The summed E-state index contributed by atoms with van der Waals surface area (Å²) < 4.78 is -0.382. The van der Waals surface area contributed by atoms with Crippen molar-refractivity contribution >= 4 is 39.9 Å². The van der Waals surface area contributed by atoms with Gasteiger partial charge >= 0.3 is 63.6 Å². The molecule has 5 nitrogen and oxygen atoms in total. The van der Waals surface area contributed by atoms with Gasteiger partial charge in [0.05, 0.1) is 0 Å². The third-order valence-electron chi connectivity index (χ3n) is 2.01. The molecule has 0 aromatic carbocycles. The third-order valence-corrected chi connectivity index (χ3v) is 7.44. The van der Waals surface area contributed by atoms with Gasteiger partial charge in [-0.25, -0.2) is 0 Å². The SMILES string of the molecule is N[C@@H]1CCCC[C@H]1N.O=[N+]([O-])[Pt]([Br])([Br])[Br]. The van der Waals surface area contributed by atoms with Gasteiger partial charge in [0.15, 0.2) is 0 Å². The van der Waals surface area contributed by atoms with Crippen molar-refractivity contribution in [3.05, 3.63) is 10.1 Å². The monoisotopic (exact) mass is 592 g/mol. The van der Waals surface area contributed by atoms with Crippen molar-refractivity contribution in [3.63, 3.8) is 0 Å². The number of nitrogens with two attached hydrogens (primary N) is 2. The number of halogens is 3. The van der Waals surface area contributed by atoms with E-state index in [9.17, 15) is 10.1 Å². The van der Waals surface area contributed by atoms with Crippen LogP contribution in [0, 0.1) is 10.1 Å². The van der Waals surface area contributed by atoms with Crippen molar-refractivity contribution in [2.24, 2.45) is 11.5 Å². The predicted molar refractivity (Wildman–Crippen MR) is 68.2 cm³/mol. The fraction of sp³-hybridized carbons (Fsp3) is 1.00. The van der Waals surface area contributed by atoms with Crippen LogP contribution in [0.25, 0.3) is 0 Å². The quantitative estimate of drug-likeness (QED) is 0.360. The van der Waals surface area contributed by atoms with Crippen molar-refractivity contribution < 1.29 is 13.6 Å². The van der Waals surface area contributed by atoms with Gasteiger partial charge in [-0.3, -0.25) is 0 Å². The van der Waals surface area contributed by atoms with Gasteiger partial charge in [0.2, 0.25) is 0 Å². The molecular formula is C6H14Br3N3O2Pt. The molecule has 1 rings (SSSR count). The topological polar surface area (TPSA) is 95.2 Å². The van der Waals surface area contributed by atoms with Crippen LogP contribution in [0.4, 0.5) is 0 Å². The Balaban J connectivity index is 0.000000265. The van der Waals surface area contributed by atoms with Crippen molar-refractivity contribution in [1.82, 2.24) is 0 Å². The summed E-state index contributed by atoms with van der Waals surface area (Å²) in [5.74, 6) is 0. The first-order valence-electron chi connectivity index (χ1n) is 4.18. The molecule has 9 heteroatoms. The van der Waals surface area contributed by atoms with Gasteiger partial charge in [0, 0.05) is 12.1 Å². The van der Waals surface area contributed by atoms with Crippen LogP contribution in [0.1, 0.15) is 25.7 Å². The Morgan fingerprint density at radius 3 is 1.53 bits per heavy atom. The van der Waals surface area contributed by atoms with E-state index in [0.717, 1.165) is 12.8 Å². The Hall–Kier alpha value is 1.45. The molecule has 0 radical (unpaired) electrons. The van der Waals surface area contributed by atoms with Crippen LogP contribution in [0.3, 0.4) is 0 Å². The van der Waals surface area contributed by atoms with Crippen LogP contribution in [-0.2, 0) is 10.1 Å². The van der Waals surface area contributed by atoms with E-state index >= 15 is 0 Å². The van der Waals surface area contributed by atoms with Crippen LogP contribution in [0.5, 0.6) is 0 Å². The number of hydrogen-bond donors (Lipinski definition) is 2. The van der Waals surface area contributed by atoms with E-state index in [0.29, 0.717) is 0 Å². The molecule has 4 N–H and O–H groups in total. The molecule has 96 valence electrons. The normalized spacial score (nSPS) is 27.5. The number of rotatable bonds is 1. The van der Waals surface area contributed by atoms with Crippen LogP contribution < -0.4 is 11.5 Å². The zero-order chi connectivity index (χ0) is 12.1. The first kappa shape index (κ1) is 16.4. The molecule has 0 aromatic rings. The summed E-state index contributed by atoms with van der Waals surface area (Å²) in [6.45, 7) is 0. The summed E-state index contributed by atoms with van der Waals surface area (Å²) in [6.07, 6.45) is 4.80. The van der Waals surface area contributed by atoms with Gasteiger partial charge in [-0.05, 0) is 12.8 Å². The van der Waals surface area contributed by atoms with E-state index < -0.39 is 10.1 Å². The second-order valence-corrected chi connectivity index (χ2v) is 40.4. The van der Waals surface area contributed by atoms with Gasteiger partial charge in [-0.2, -0.15) is 0 Å². The molecule has 0 aliphatic heterocycles. The number of nitrogens with zero attached hydrogens (tertiary/aromatic N) is 1. The fourth-order valence-corrected chi connectivity index (χ4v) is 1.19. The Labute approximate surface area is 112 Å². The van der Waals surface area contributed by atoms with Crippen molar-refractivity contribution in [1.29, 1.82) is 0 Å². The molecular weight excluding hydrogens is 581 g/mol. The molecule has 1 saturated carbocycles. The average molecular weight is 595 g/mol. The van der Waals surface area contributed by atoms with Gasteiger partial charge in [-0.1, -0.05) is 12.8 Å². The minimum absolute atomic E-state index is 0.281. The van der Waals surface area contributed by atoms with E-state index in [4.69, 9.17) is 11.5 Å². The summed E-state index contributed by atoms with van der Waals surface area (Å²) in [7, 11) is -2.95. The Bertz CT molecular complexity index is 204. The summed E-state index contributed by atoms with van der Waals surface area (Å²) in [4.78, 5) is 9.77. The number of hydrogen-bond acceptors (Lipinski definition) is 4. The minimum atomic E-state index is -2.95. The molecule has 15 heavy (non-hydrogen) atoms. The second-order valence-electron chi connectivity index (χ2n) is 3.10.